The Morgan fingerprint density at radius 3 is 1.41 bits per heavy atom. The largest absolute Gasteiger partial charge is 0.390 e. The molecule has 23 nitrogen and oxygen atoms in total. The lowest BCUT2D eigenvalue weighted by atomic mass is 9.91. The van der Waals surface area contributed by atoms with Crippen molar-refractivity contribution in [2.45, 2.75) is 223 Å². The first-order valence-electron chi connectivity index (χ1n) is 31.0. The molecule has 0 aromatic heterocycles. The van der Waals surface area contributed by atoms with Crippen molar-refractivity contribution in [2.75, 3.05) is 62.4 Å². The third kappa shape index (κ3) is 22.3. The van der Waals surface area contributed by atoms with Gasteiger partial charge in [-0.05, 0) is 108 Å². The van der Waals surface area contributed by atoms with E-state index in [1.807, 2.05) is 61.5 Å². The first-order chi connectivity index (χ1) is 39.7. The lowest BCUT2D eigenvalue weighted by Crippen LogP contribution is -2.63. The molecule has 12 atom stereocenters. The molecule has 1 fully saturated rings. The molecule has 0 aromatic carbocycles. The lowest BCUT2D eigenvalue weighted by molar-refractivity contribution is -0.155. The molecule has 0 radical (unpaired) electrons. The molecule has 86 heavy (non-hydrogen) atoms. The fourth-order valence-electron chi connectivity index (χ4n) is 10.9. The SMILES string of the molecule is C/C=C/CC(C)C(O)C1C(=O)NC(CC)C(=O)N(C)CC(=O)N(C)C(CC(C)C)C(=O)NC(C(C)C)C(=O)N(C)C(CC(C)C)C(=O)NC(C)C(=O)NC(C)C(=O)N(C)C(CC(C)C)C(=O)CN(C)C(CC(C)C)C(=O)N(C)C(C(C)C)C(=O)N1C. The summed E-state index contributed by atoms with van der Waals surface area (Å²) in [6, 6.07) is -11.8. The maximum Gasteiger partial charge on any atom is 0.246 e. The average molecular weight is 1220 g/mol. The Balaban J connectivity index is 4.27. The molecular weight excluding hydrogens is 1100 g/mol. The van der Waals surface area contributed by atoms with E-state index in [1.165, 1.54) is 75.7 Å². The number of nitrogens with one attached hydrogen (secondary N) is 4. The number of aliphatic hydroxyl groups is 1. The molecule has 1 aliphatic rings. The fraction of sp³-hybridized carbons (Fsp3) is 0.794. The van der Waals surface area contributed by atoms with Crippen LogP contribution in [0.25, 0.3) is 0 Å². The second kappa shape index (κ2) is 35.7. The zero-order chi connectivity index (χ0) is 66.7. The topological polar surface area (TPSA) is 279 Å². The van der Waals surface area contributed by atoms with Crippen LogP contribution in [0.2, 0.25) is 0 Å². The first-order valence-corrected chi connectivity index (χ1v) is 31.0. The Bertz CT molecular complexity index is 2340. The highest BCUT2D eigenvalue weighted by molar-refractivity contribution is 5.99. The number of allylic oxidation sites excluding steroid dienone is 2. The molecule has 23 heteroatoms. The zero-order valence-electron chi connectivity index (χ0n) is 56.8. The molecule has 1 rings (SSSR count). The predicted molar refractivity (Wildman–Crippen MR) is 333 cm³/mol. The molecule has 0 spiro atoms. The number of amides is 10. The number of aliphatic hydroxyl groups excluding tert-OH is 1. The van der Waals surface area contributed by atoms with Crippen molar-refractivity contribution in [3.05, 3.63) is 12.2 Å². The van der Waals surface area contributed by atoms with E-state index < -0.39 is 150 Å². The van der Waals surface area contributed by atoms with E-state index in [0.717, 1.165) is 9.80 Å². The number of ketones is 1. The molecule has 1 saturated heterocycles. The number of Topliss-reactive ketones (excluding diaryl/α,β-unsaturated/α-hetero) is 1. The van der Waals surface area contributed by atoms with E-state index in [0.29, 0.717) is 6.42 Å². The Morgan fingerprint density at radius 2 is 0.930 bits per heavy atom. The van der Waals surface area contributed by atoms with Crippen LogP contribution in [0.5, 0.6) is 0 Å². The number of likely N-dealkylation sites (N-methyl/N-ethyl adjacent to an activating group) is 7. The van der Waals surface area contributed by atoms with Gasteiger partial charge in [0.05, 0.1) is 31.3 Å². The van der Waals surface area contributed by atoms with Crippen molar-refractivity contribution in [3.8, 4) is 0 Å². The molecule has 0 aromatic rings. The number of hydrogen-bond acceptors (Lipinski definition) is 13. The summed E-state index contributed by atoms with van der Waals surface area (Å²) >= 11 is 0. The second-order valence-corrected chi connectivity index (χ2v) is 26.5. The van der Waals surface area contributed by atoms with Gasteiger partial charge in [-0.1, -0.05) is 109 Å². The maximum atomic E-state index is 15.1. The highest BCUT2D eigenvalue weighted by Crippen LogP contribution is 2.25. The van der Waals surface area contributed by atoms with Gasteiger partial charge in [0.2, 0.25) is 59.1 Å². The zero-order valence-corrected chi connectivity index (χ0v) is 56.8. The lowest BCUT2D eigenvalue weighted by Gasteiger charge is -2.41. The summed E-state index contributed by atoms with van der Waals surface area (Å²) in [6.45, 7) is 29.3. The van der Waals surface area contributed by atoms with Gasteiger partial charge in [0, 0.05) is 42.3 Å². The van der Waals surface area contributed by atoms with Gasteiger partial charge >= 0.3 is 0 Å². The molecule has 0 saturated carbocycles. The Hall–Kier alpha value is -5.97. The third-order valence-electron chi connectivity index (χ3n) is 16.3. The summed E-state index contributed by atoms with van der Waals surface area (Å²) in [5.74, 6) is -9.07. The molecule has 0 bridgehead atoms. The van der Waals surface area contributed by atoms with E-state index in [9.17, 15) is 48.3 Å². The average Bonchev–Trinajstić information content (AvgIpc) is 2.09. The van der Waals surface area contributed by atoms with Crippen LogP contribution in [0.15, 0.2) is 12.2 Å². The summed E-state index contributed by atoms with van der Waals surface area (Å²) in [5, 5.41) is 23.1. The molecule has 5 N–H and O–H groups in total. The van der Waals surface area contributed by atoms with Crippen LogP contribution in [0.1, 0.15) is 156 Å². The molecule has 0 aliphatic carbocycles. The van der Waals surface area contributed by atoms with Crippen LogP contribution in [0, 0.1) is 41.4 Å². The van der Waals surface area contributed by atoms with Crippen LogP contribution in [0.4, 0.5) is 0 Å². The molecule has 1 aliphatic heterocycles. The van der Waals surface area contributed by atoms with E-state index >= 15 is 9.59 Å². The first kappa shape index (κ1) is 78.0. The van der Waals surface area contributed by atoms with Gasteiger partial charge in [0.25, 0.3) is 0 Å². The molecule has 492 valence electrons. The summed E-state index contributed by atoms with van der Waals surface area (Å²) in [7, 11) is 10.2. The Labute approximate surface area is 515 Å². The van der Waals surface area contributed by atoms with Gasteiger partial charge in [-0.15, -0.1) is 0 Å². The van der Waals surface area contributed by atoms with Crippen LogP contribution < -0.4 is 21.3 Å². The molecule has 12 unspecified atom stereocenters. The van der Waals surface area contributed by atoms with Crippen molar-refractivity contribution >= 4 is 64.9 Å². The van der Waals surface area contributed by atoms with Crippen LogP contribution in [-0.2, 0) is 52.7 Å². The third-order valence-corrected chi connectivity index (χ3v) is 16.3. The van der Waals surface area contributed by atoms with E-state index in [1.54, 1.807) is 66.5 Å². The Morgan fingerprint density at radius 1 is 0.477 bits per heavy atom. The van der Waals surface area contributed by atoms with Gasteiger partial charge in [-0.25, -0.2) is 0 Å². The van der Waals surface area contributed by atoms with Gasteiger partial charge in [-0.2, -0.15) is 0 Å². The van der Waals surface area contributed by atoms with Crippen molar-refractivity contribution in [2.24, 2.45) is 41.4 Å². The maximum absolute atomic E-state index is 15.1. The Kier molecular flexibility index (Phi) is 32.4. The van der Waals surface area contributed by atoms with E-state index in [-0.39, 0.29) is 68.1 Å². The number of rotatable bonds is 15. The van der Waals surface area contributed by atoms with Crippen molar-refractivity contribution in [3.63, 3.8) is 0 Å². The molecular formula is C63H113N11O12. The monoisotopic (exact) mass is 1220 g/mol. The standard InChI is InChI=1S/C63H113N11O12/c1-25-27-28-41(15)54(77)53-58(81)66-44(26-2)60(83)69(19)34-50(76)70(20)46(30-36(5)6)57(80)67-51(39(11)12)62(85)72(22)47(31-37(7)8)56(79)64-42(16)55(78)65-43(17)59(82)71(21)45(29-35(3)4)49(75)33-68(18)48(32-38(9)10)61(84)73(23)52(40(13)14)63(86)74(53)24/h25,27,35-48,51-54,77H,26,28-34H2,1-24H3,(H,64,79)(H,65,78)(H,66,81)(H,67,80)/b27-25+. The number of hydrogen-bond donors (Lipinski definition) is 5. The van der Waals surface area contributed by atoms with Gasteiger partial charge in [0.15, 0.2) is 5.78 Å². The van der Waals surface area contributed by atoms with Crippen LogP contribution in [-0.4, -0.2) is 233 Å². The van der Waals surface area contributed by atoms with Gasteiger partial charge in [-0.3, -0.25) is 57.6 Å². The minimum atomic E-state index is -1.59. The summed E-state index contributed by atoms with van der Waals surface area (Å²) in [6.07, 6.45) is 3.29. The van der Waals surface area contributed by atoms with Crippen molar-refractivity contribution < 1.29 is 57.8 Å². The van der Waals surface area contributed by atoms with Gasteiger partial charge < -0.3 is 55.8 Å². The summed E-state index contributed by atoms with van der Waals surface area (Å²) in [5.41, 5.74) is 0. The smallest absolute Gasteiger partial charge is 0.246 e. The van der Waals surface area contributed by atoms with Crippen LogP contribution >= 0.6 is 0 Å². The second-order valence-electron chi connectivity index (χ2n) is 26.5. The molecule has 10 amide bonds. The highest BCUT2D eigenvalue weighted by Gasteiger charge is 2.45. The highest BCUT2D eigenvalue weighted by atomic mass is 16.3. The quantitative estimate of drug-likeness (QED) is 0.148. The molecule has 1 heterocycles. The predicted octanol–water partition coefficient (Wildman–Crippen LogP) is 3.31. The van der Waals surface area contributed by atoms with E-state index in [4.69, 9.17) is 0 Å². The fourth-order valence-corrected chi connectivity index (χ4v) is 10.9. The van der Waals surface area contributed by atoms with E-state index in [2.05, 4.69) is 21.3 Å². The minimum absolute atomic E-state index is 0.0298. The van der Waals surface area contributed by atoms with Crippen molar-refractivity contribution in [1.29, 1.82) is 0 Å². The number of nitrogens with zero attached hydrogens (tertiary/aromatic N) is 7. The number of carbonyl (C=O) groups is 11. The van der Waals surface area contributed by atoms with Crippen LogP contribution in [0.3, 0.4) is 0 Å². The summed E-state index contributed by atoms with van der Waals surface area (Å²) in [4.78, 5) is 168. The summed E-state index contributed by atoms with van der Waals surface area (Å²) < 4.78 is 0. The van der Waals surface area contributed by atoms with Gasteiger partial charge in [0.1, 0.15) is 48.3 Å². The van der Waals surface area contributed by atoms with Crippen molar-refractivity contribution in [1.82, 2.24) is 55.6 Å². The minimum Gasteiger partial charge on any atom is -0.390 e. The number of carbonyl (C=O) groups excluding carboxylic acids is 11. The normalized spacial score (nSPS) is 27.1.